The number of hydrogen-bond acceptors (Lipinski definition) is 1. The first kappa shape index (κ1) is 20.9. The van der Waals surface area contributed by atoms with E-state index in [2.05, 4.69) is 138 Å². The van der Waals surface area contributed by atoms with Gasteiger partial charge in [-0.2, -0.15) is 0 Å². The predicted octanol–water partition coefficient (Wildman–Crippen LogP) is 7.73. The summed E-state index contributed by atoms with van der Waals surface area (Å²) in [5.74, 6) is 0. The van der Waals surface area contributed by atoms with E-state index in [4.69, 9.17) is 4.43 Å². The molecule has 0 aliphatic carbocycles. The van der Waals surface area contributed by atoms with Gasteiger partial charge in [-0.25, -0.2) is 0 Å². The minimum atomic E-state index is -0.747. The summed E-state index contributed by atoms with van der Waals surface area (Å²) >= 11 is 0. The number of fused-ring (bicyclic) bond motifs is 3. The van der Waals surface area contributed by atoms with Crippen molar-refractivity contribution in [2.24, 2.45) is 0 Å². The molecule has 0 N–H and O–H groups in total. The predicted molar refractivity (Wildman–Crippen MR) is 143 cm³/mol. The van der Waals surface area contributed by atoms with Gasteiger partial charge in [0.15, 0.2) is 0 Å². The molecule has 3 radical (unpaired) electrons. The smallest absolute Gasteiger partial charge is 0.248 e. The molecule has 0 saturated heterocycles. The Kier molecular flexibility index (Phi) is 5.25. The normalized spacial score (nSPS) is 11.9. The van der Waals surface area contributed by atoms with Crippen LogP contribution in [0.3, 0.4) is 0 Å². The molecule has 0 unspecified atom stereocenters. The quantitative estimate of drug-likeness (QED) is 0.244. The Morgan fingerprint density at radius 1 is 0.471 bits per heavy atom. The lowest BCUT2D eigenvalue weighted by molar-refractivity contribution is 0.129. The molecule has 1 nitrogen and oxygen atoms in total. The van der Waals surface area contributed by atoms with E-state index < -0.39 is 5.60 Å². The summed E-state index contributed by atoms with van der Waals surface area (Å²) in [6.07, 6.45) is 0.680. The molecule has 0 spiro atoms. The first-order valence-corrected chi connectivity index (χ1v) is 12.0. The molecule has 0 aliphatic rings. The fourth-order valence-electron chi connectivity index (χ4n) is 5.35. The molecule has 6 aromatic carbocycles. The summed E-state index contributed by atoms with van der Waals surface area (Å²) < 4.78 is 6.48. The van der Waals surface area contributed by atoms with Crippen LogP contribution >= 0.6 is 0 Å². The van der Waals surface area contributed by atoms with E-state index in [-0.39, 0.29) is 0 Å². The van der Waals surface area contributed by atoms with E-state index in [0.717, 1.165) is 11.1 Å². The zero-order chi connectivity index (χ0) is 23.0. The highest BCUT2D eigenvalue weighted by atomic mass is 28.2. The third-order valence-corrected chi connectivity index (χ3v) is 7.29. The average molecular weight is 452 g/mol. The molecule has 6 aromatic rings. The molecule has 0 bridgehead atoms. The molecular weight excluding hydrogens is 428 g/mol. The summed E-state index contributed by atoms with van der Waals surface area (Å²) in [5, 5.41) is 7.27. The molecule has 161 valence electrons. The summed E-state index contributed by atoms with van der Waals surface area (Å²) in [7, 11) is 3.60. The molecular formula is C32H23OSi. The Labute approximate surface area is 203 Å². The van der Waals surface area contributed by atoms with Crippen LogP contribution in [0.5, 0.6) is 0 Å². The van der Waals surface area contributed by atoms with Crippen molar-refractivity contribution in [2.75, 3.05) is 0 Å². The topological polar surface area (TPSA) is 9.23 Å². The summed E-state index contributed by atoms with van der Waals surface area (Å²) in [4.78, 5) is 0. The first-order chi connectivity index (χ1) is 16.8. The SMILES string of the molecule is [Si]OC(Cc1cccc2ccccc12)(c1cccc2ccccc12)c1cccc2ccccc12. The molecule has 0 fully saturated rings. The first-order valence-electron chi connectivity index (χ1n) is 11.6. The third kappa shape index (κ3) is 3.35. The van der Waals surface area contributed by atoms with Crippen LogP contribution in [0.25, 0.3) is 32.3 Å². The Morgan fingerprint density at radius 2 is 0.882 bits per heavy atom. The fraction of sp³-hybridized carbons (Fsp3) is 0.0625. The lowest BCUT2D eigenvalue weighted by Gasteiger charge is -2.36. The van der Waals surface area contributed by atoms with Crippen molar-refractivity contribution >= 4 is 42.8 Å². The molecule has 0 amide bonds. The van der Waals surface area contributed by atoms with Crippen LogP contribution in [0.1, 0.15) is 16.7 Å². The molecule has 2 heteroatoms. The van der Waals surface area contributed by atoms with Gasteiger partial charge in [-0.05, 0) is 49.0 Å². The van der Waals surface area contributed by atoms with E-state index in [1.807, 2.05) is 0 Å². The number of benzene rings is 6. The van der Waals surface area contributed by atoms with Crippen molar-refractivity contribution < 1.29 is 4.43 Å². The molecule has 6 rings (SSSR count). The minimum absolute atomic E-state index is 0.680. The maximum atomic E-state index is 6.48. The van der Waals surface area contributed by atoms with Gasteiger partial charge in [0.05, 0.1) is 0 Å². The molecule has 0 aliphatic heterocycles. The summed E-state index contributed by atoms with van der Waals surface area (Å²) in [6, 6.07) is 45.2. The highest BCUT2D eigenvalue weighted by Crippen LogP contribution is 2.43. The largest absolute Gasteiger partial charge is 0.405 e. The van der Waals surface area contributed by atoms with Crippen molar-refractivity contribution in [1.82, 2.24) is 0 Å². The van der Waals surface area contributed by atoms with Crippen molar-refractivity contribution in [2.45, 2.75) is 12.0 Å². The highest BCUT2D eigenvalue weighted by Gasteiger charge is 2.37. The summed E-state index contributed by atoms with van der Waals surface area (Å²) in [6.45, 7) is 0. The zero-order valence-electron chi connectivity index (χ0n) is 18.7. The van der Waals surface area contributed by atoms with Crippen molar-refractivity contribution in [3.63, 3.8) is 0 Å². The lowest BCUT2D eigenvalue weighted by Crippen LogP contribution is -2.34. The van der Waals surface area contributed by atoms with Gasteiger partial charge in [-0.1, -0.05) is 127 Å². The van der Waals surface area contributed by atoms with Gasteiger partial charge in [0, 0.05) is 6.42 Å². The zero-order valence-corrected chi connectivity index (χ0v) is 19.7. The van der Waals surface area contributed by atoms with Crippen LogP contribution in [0, 0.1) is 0 Å². The monoisotopic (exact) mass is 451 g/mol. The standard InChI is InChI=1S/C32H23OSi/c34-33-32(30-20-8-14-24-11-2-5-18-28(24)30,31-21-9-15-25-12-3-6-19-29(25)31)22-26-16-7-13-23-10-1-4-17-27(23)26/h1-21H,22H2. The Bertz CT molecular complexity index is 1540. The highest BCUT2D eigenvalue weighted by molar-refractivity contribution is 6.00. The van der Waals surface area contributed by atoms with Crippen LogP contribution in [0.4, 0.5) is 0 Å². The maximum absolute atomic E-state index is 6.48. The van der Waals surface area contributed by atoms with Gasteiger partial charge in [0.1, 0.15) is 5.60 Å². The fourth-order valence-corrected chi connectivity index (χ4v) is 5.64. The second-order valence-corrected chi connectivity index (χ2v) is 9.00. The molecule has 34 heavy (non-hydrogen) atoms. The summed E-state index contributed by atoms with van der Waals surface area (Å²) in [5.41, 5.74) is 2.79. The van der Waals surface area contributed by atoms with Crippen LogP contribution in [-0.2, 0) is 16.4 Å². The van der Waals surface area contributed by atoms with Gasteiger partial charge in [-0.3, -0.25) is 0 Å². The van der Waals surface area contributed by atoms with Crippen LogP contribution < -0.4 is 0 Å². The second kappa shape index (κ2) is 8.57. The maximum Gasteiger partial charge on any atom is 0.248 e. The Hall–Kier alpha value is -3.72. The number of rotatable bonds is 5. The Balaban J connectivity index is 1.70. The van der Waals surface area contributed by atoms with Gasteiger partial charge >= 0.3 is 0 Å². The van der Waals surface area contributed by atoms with Crippen LogP contribution in [0.15, 0.2) is 127 Å². The molecule has 0 aromatic heterocycles. The minimum Gasteiger partial charge on any atom is -0.405 e. The van der Waals surface area contributed by atoms with E-state index in [9.17, 15) is 0 Å². The molecule has 0 atom stereocenters. The van der Waals surface area contributed by atoms with Crippen molar-refractivity contribution in [3.8, 4) is 0 Å². The van der Waals surface area contributed by atoms with Crippen molar-refractivity contribution in [1.29, 1.82) is 0 Å². The second-order valence-electron chi connectivity index (χ2n) is 8.80. The van der Waals surface area contributed by atoms with Gasteiger partial charge < -0.3 is 4.43 Å². The van der Waals surface area contributed by atoms with Gasteiger partial charge in [0.2, 0.25) is 10.5 Å². The van der Waals surface area contributed by atoms with Gasteiger partial charge in [0.25, 0.3) is 0 Å². The van der Waals surface area contributed by atoms with E-state index in [0.29, 0.717) is 6.42 Å². The van der Waals surface area contributed by atoms with Crippen LogP contribution in [0.2, 0.25) is 0 Å². The molecule has 0 saturated carbocycles. The van der Waals surface area contributed by atoms with E-state index in [1.54, 1.807) is 0 Å². The molecule has 0 heterocycles. The lowest BCUT2D eigenvalue weighted by atomic mass is 9.77. The Morgan fingerprint density at radius 3 is 1.41 bits per heavy atom. The van der Waals surface area contributed by atoms with E-state index in [1.165, 1.54) is 37.9 Å². The average Bonchev–Trinajstić information content (AvgIpc) is 2.91. The third-order valence-electron chi connectivity index (χ3n) is 6.94. The van der Waals surface area contributed by atoms with Crippen LogP contribution in [-0.4, -0.2) is 10.5 Å². The van der Waals surface area contributed by atoms with Gasteiger partial charge in [-0.15, -0.1) is 0 Å². The van der Waals surface area contributed by atoms with E-state index >= 15 is 0 Å². The van der Waals surface area contributed by atoms with Crippen molar-refractivity contribution in [3.05, 3.63) is 144 Å². The number of hydrogen-bond donors (Lipinski definition) is 0.